The van der Waals surface area contributed by atoms with Gasteiger partial charge in [-0.2, -0.15) is 5.26 Å². The fourth-order valence-corrected chi connectivity index (χ4v) is 2.48. The maximum atomic E-state index is 12.2. The average Bonchev–Trinajstić information content (AvgIpc) is 2.61. The lowest BCUT2D eigenvalue weighted by Crippen LogP contribution is -2.38. The van der Waals surface area contributed by atoms with E-state index in [4.69, 9.17) is 0 Å². The van der Waals surface area contributed by atoms with Gasteiger partial charge in [-0.3, -0.25) is 14.2 Å². The molecule has 0 aliphatic heterocycles. The predicted molar refractivity (Wildman–Crippen MR) is 94.1 cm³/mol. The number of aryl methyl sites for hydroxylation is 1. The van der Waals surface area contributed by atoms with Gasteiger partial charge >= 0.3 is 5.69 Å². The quantitative estimate of drug-likeness (QED) is 0.587. The van der Waals surface area contributed by atoms with E-state index in [2.05, 4.69) is 0 Å². The first-order chi connectivity index (χ1) is 11.9. The molecule has 25 heavy (non-hydrogen) atoms. The number of carbonyl (C=O) groups excluding carboxylic acids is 1. The summed E-state index contributed by atoms with van der Waals surface area (Å²) >= 11 is 0. The number of hydrogen-bond acceptors (Lipinski definition) is 4. The van der Waals surface area contributed by atoms with Crippen molar-refractivity contribution in [3.8, 4) is 6.07 Å². The van der Waals surface area contributed by atoms with E-state index >= 15 is 0 Å². The summed E-state index contributed by atoms with van der Waals surface area (Å²) < 4.78 is 2.43. The molecule has 0 unspecified atom stereocenters. The van der Waals surface area contributed by atoms with Crippen LogP contribution in [0.5, 0.6) is 0 Å². The zero-order valence-corrected chi connectivity index (χ0v) is 14.2. The molecule has 0 N–H and O–H groups in total. The van der Waals surface area contributed by atoms with Gasteiger partial charge in [0.2, 0.25) is 0 Å². The highest BCUT2D eigenvalue weighted by Crippen LogP contribution is 2.07. The molecule has 0 amide bonds. The molecule has 0 aliphatic rings. The molecule has 6 nitrogen and oxygen atoms in total. The number of aromatic nitrogens is 2. The van der Waals surface area contributed by atoms with Gasteiger partial charge in [0.25, 0.3) is 5.56 Å². The van der Waals surface area contributed by atoms with Crippen molar-refractivity contribution >= 4 is 5.78 Å². The summed E-state index contributed by atoms with van der Waals surface area (Å²) in [5, 5.41) is 9.20. The number of Topliss-reactive ketones (excluding diaryl/α,β-unsaturated/α-hetero) is 1. The summed E-state index contributed by atoms with van der Waals surface area (Å²) in [5.41, 5.74) is 0.743. The minimum atomic E-state index is -0.396. The van der Waals surface area contributed by atoms with Gasteiger partial charge in [0.1, 0.15) is 6.07 Å². The Hall–Kier alpha value is -3.20. The van der Waals surface area contributed by atoms with Crippen LogP contribution in [0, 0.1) is 11.3 Å². The Morgan fingerprint density at radius 3 is 2.48 bits per heavy atom. The van der Waals surface area contributed by atoms with E-state index in [9.17, 15) is 19.6 Å². The van der Waals surface area contributed by atoms with Crippen molar-refractivity contribution in [3.63, 3.8) is 0 Å². The molecule has 0 fully saturated rings. The molecule has 2 rings (SSSR count). The minimum Gasteiger partial charge on any atom is -0.301 e. The summed E-state index contributed by atoms with van der Waals surface area (Å²) in [7, 11) is 3.01. The minimum absolute atomic E-state index is 0.0951. The second kappa shape index (κ2) is 8.06. The number of carbonyl (C=O) groups is 1. The molecule has 0 spiro atoms. The zero-order chi connectivity index (χ0) is 18.4. The Balaban J connectivity index is 2.10. The number of nitriles is 1. The van der Waals surface area contributed by atoms with E-state index in [1.165, 1.54) is 17.7 Å². The SMILES string of the molecule is Cn1c(CC/C=C(\C#N)C(=O)Cc2ccccc2)cc(=O)n(C)c1=O. The molecule has 1 aromatic heterocycles. The third kappa shape index (κ3) is 4.42. The summed E-state index contributed by atoms with van der Waals surface area (Å²) in [6, 6.07) is 12.5. The van der Waals surface area contributed by atoms with Gasteiger partial charge in [-0.15, -0.1) is 0 Å². The number of allylic oxidation sites excluding steroid dienone is 2. The van der Waals surface area contributed by atoms with Gasteiger partial charge in [0.05, 0.1) is 5.57 Å². The van der Waals surface area contributed by atoms with Gasteiger partial charge in [0, 0.05) is 32.3 Å². The molecule has 0 saturated heterocycles. The van der Waals surface area contributed by atoms with Crippen LogP contribution in [0.4, 0.5) is 0 Å². The molecule has 0 aliphatic carbocycles. The fraction of sp³-hybridized carbons (Fsp3) is 0.263. The molecule has 0 radical (unpaired) electrons. The van der Waals surface area contributed by atoms with Gasteiger partial charge in [-0.05, 0) is 18.4 Å². The molecule has 128 valence electrons. The van der Waals surface area contributed by atoms with E-state index in [-0.39, 0.29) is 23.3 Å². The fourth-order valence-electron chi connectivity index (χ4n) is 2.48. The topological polar surface area (TPSA) is 84.9 Å². The van der Waals surface area contributed by atoms with Gasteiger partial charge < -0.3 is 4.57 Å². The molecule has 0 bridgehead atoms. The maximum absolute atomic E-state index is 12.2. The normalized spacial score (nSPS) is 11.2. The van der Waals surface area contributed by atoms with Gasteiger partial charge in [-0.25, -0.2) is 4.79 Å². The third-order valence-corrected chi connectivity index (χ3v) is 4.00. The summed E-state index contributed by atoms with van der Waals surface area (Å²) in [5.74, 6) is -0.244. The van der Waals surface area contributed by atoms with Crippen LogP contribution in [-0.2, 0) is 31.7 Å². The first kappa shape index (κ1) is 18.1. The highest BCUT2D eigenvalue weighted by atomic mass is 16.2. The Labute approximate surface area is 145 Å². The van der Waals surface area contributed by atoms with Crippen molar-refractivity contribution < 1.29 is 4.79 Å². The Morgan fingerprint density at radius 2 is 1.84 bits per heavy atom. The van der Waals surface area contributed by atoms with E-state index in [1.807, 2.05) is 36.4 Å². The van der Waals surface area contributed by atoms with Crippen LogP contribution >= 0.6 is 0 Å². The Kier molecular flexibility index (Phi) is 5.85. The largest absolute Gasteiger partial charge is 0.330 e. The lowest BCUT2D eigenvalue weighted by atomic mass is 10.0. The van der Waals surface area contributed by atoms with Crippen molar-refractivity contribution in [2.45, 2.75) is 19.3 Å². The lowest BCUT2D eigenvalue weighted by molar-refractivity contribution is -0.114. The standard InChI is InChI=1S/C19H19N3O3/c1-21-16(12-18(24)22(2)19(21)25)10-6-9-15(13-20)17(23)11-14-7-4-3-5-8-14/h3-5,7-9,12H,6,10-11H2,1-2H3/b15-9+. The van der Waals surface area contributed by atoms with Crippen molar-refractivity contribution in [1.82, 2.24) is 9.13 Å². The highest BCUT2D eigenvalue weighted by Gasteiger charge is 2.10. The van der Waals surface area contributed by atoms with E-state index in [0.717, 1.165) is 10.1 Å². The molecular formula is C19H19N3O3. The molecule has 2 aromatic rings. The van der Waals surface area contributed by atoms with Crippen molar-refractivity contribution in [3.05, 3.63) is 80.1 Å². The number of rotatable bonds is 6. The first-order valence-electron chi connectivity index (χ1n) is 7.87. The lowest BCUT2D eigenvalue weighted by Gasteiger charge is -2.08. The molecule has 1 aromatic carbocycles. The van der Waals surface area contributed by atoms with Crippen LogP contribution in [0.1, 0.15) is 17.7 Å². The predicted octanol–water partition coefficient (Wildman–Crippen LogP) is 1.28. The summed E-state index contributed by atoms with van der Waals surface area (Å²) in [6.45, 7) is 0. The first-order valence-corrected chi connectivity index (χ1v) is 7.87. The van der Waals surface area contributed by atoms with Crippen LogP contribution in [0.15, 0.2) is 57.6 Å². The van der Waals surface area contributed by atoms with Crippen LogP contribution in [0.2, 0.25) is 0 Å². The van der Waals surface area contributed by atoms with Crippen LogP contribution < -0.4 is 11.2 Å². The van der Waals surface area contributed by atoms with Crippen LogP contribution in [0.25, 0.3) is 0 Å². The van der Waals surface area contributed by atoms with E-state index < -0.39 is 5.69 Å². The number of nitrogens with zero attached hydrogens (tertiary/aromatic N) is 3. The molecule has 0 atom stereocenters. The smallest absolute Gasteiger partial charge is 0.301 e. The third-order valence-electron chi connectivity index (χ3n) is 4.00. The molecule has 0 saturated carbocycles. The van der Waals surface area contributed by atoms with Crippen molar-refractivity contribution in [1.29, 1.82) is 5.26 Å². The molecule has 6 heteroatoms. The Bertz CT molecular complexity index is 960. The maximum Gasteiger partial charge on any atom is 0.330 e. The summed E-state index contributed by atoms with van der Waals surface area (Å²) in [6.07, 6.45) is 2.52. The van der Waals surface area contributed by atoms with Crippen LogP contribution in [-0.4, -0.2) is 14.9 Å². The monoisotopic (exact) mass is 337 g/mol. The van der Waals surface area contributed by atoms with Gasteiger partial charge in [-0.1, -0.05) is 36.4 Å². The van der Waals surface area contributed by atoms with E-state index in [1.54, 1.807) is 13.1 Å². The second-order valence-corrected chi connectivity index (χ2v) is 5.73. The number of ketones is 1. The molecule has 1 heterocycles. The number of hydrogen-bond donors (Lipinski definition) is 0. The van der Waals surface area contributed by atoms with Crippen LogP contribution in [0.3, 0.4) is 0 Å². The number of benzene rings is 1. The van der Waals surface area contributed by atoms with Crippen molar-refractivity contribution in [2.24, 2.45) is 14.1 Å². The Morgan fingerprint density at radius 1 is 1.16 bits per heavy atom. The highest BCUT2D eigenvalue weighted by molar-refractivity contribution is 6.00. The summed E-state index contributed by atoms with van der Waals surface area (Å²) in [4.78, 5) is 35.8. The van der Waals surface area contributed by atoms with E-state index in [0.29, 0.717) is 18.5 Å². The second-order valence-electron chi connectivity index (χ2n) is 5.73. The zero-order valence-electron chi connectivity index (χ0n) is 14.2. The average molecular weight is 337 g/mol. The van der Waals surface area contributed by atoms with Crippen molar-refractivity contribution in [2.75, 3.05) is 0 Å². The van der Waals surface area contributed by atoms with Gasteiger partial charge in [0.15, 0.2) is 5.78 Å². The molecular weight excluding hydrogens is 318 g/mol.